The van der Waals surface area contributed by atoms with E-state index in [1.54, 1.807) is 37.7 Å². The van der Waals surface area contributed by atoms with Gasteiger partial charge in [0, 0.05) is 24.2 Å². The van der Waals surface area contributed by atoms with Crippen molar-refractivity contribution in [1.29, 1.82) is 0 Å². The van der Waals surface area contributed by atoms with Crippen molar-refractivity contribution in [3.05, 3.63) is 72.6 Å². The molecule has 0 aliphatic rings. The van der Waals surface area contributed by atoms with Crippen LogP contribution in [-0.2, 0) is 14.9 Å². The molecular weight excluding hydrogens is 530 g/mol. The predicted molar refractivity (Wildman–Crippen MR) is 153 cm³/mol. The summed E-state index contributed by atoms with van der Waals surface area (Å²) in [6.07, 6.45) is 3.20. The van der Waals surface area contributed by atoms with E-state index in [4.69, 9.17) is 18.9 Å². The number of esters is 1. The molecule has 0 amide bonds. The second kappa shape index (κ2) is 13.1. The van der Waals surface area contributed by atoms with Crippen molar-refractivity contribution in [3.63, 3.8) is 0 Å². The van der Waals surface area contributed by atoms with E-state index in [1.165, 1.54) is 24.4 Å². The number of benzene rings is 2. The molecule has 40 heavy (non-hydrogen) atoms. The highest BCUT2D eigenvalue weighted by Crippen LogP contribution is 2.42. The van der Waals surface area contributed by atoms with Gasteiger partial charge in [0.25, 0.3) is 5.88 Å². The van der Waals surface area contributed by atoms with Gasteiger partial charge in [0.05, 0.1) is 7.11 Å². The quantitative estimate of drug-likeness (QED) is 0.130. The minimum absolute atomic E-state index is 0.0300. The Morgan fingerprint density at radius 2 is 1.60 bits per heavy atom. The number of methoxy groups -OCH3 is 1. The van der Waals surface area contributed by atoms with Crippen LogP contribution in [0.15, 0.2) is 71.9 Å². The van der Waals surface area contributed by atoms with Gasteiger partial charge in [-0.3, -0.25) is 4.79 Å². The van der Waals surface area contributed by atoms with Crippen molar-refractivity contribution < 1.29 is 23.7 Å². The molecule has 2 heterocycles. The summed E-state index contributed by atoms with van der Waals surface area (Å²) in [6, 6.07) is 17.2. The molecule has 0 saturated heterocycles. The number of rotatable bonds is 11. The maximum atomic E-state index is 11.3. The molecule has 0 spiro atoms. The normalized spacial score (nSPS) is 11.0. The van der Waals surface area contributed by atoms with Gasteiger partial charge < -0.3 is 23.7 Å². The summed E-state index contributed by atoms with van der Waals surface area (Å²) in [7, 11) is 1.56. The lowest BCUT2D eigenvalue weighted by molar-refractivity contribution is -0.141. The topological polar surface area (TPSA) is 118 Å². The second-order valence-corrected chi connectivity index (χ2v) is 10.4. The van der Waals surface area contributed by atoms with Crippen LogP contribution in [0, 0.1) is 0 Å². The standard InChI is InChI=1S/C29H31N5O5S/c1-19(35)37-17-18-38-28-24(39-23-10-7-6-9-22(23)36-5)25(32-27(33-28)26-30-15-8-16-31-26)34-40-21-13-11-20(12-14-21)29(2,3)4/h6-16H,17-18H2,1-5H3,(H,32,33,34). The highest BCUT2D eigenvalue weighted by Gasteiger charge is 2.22. The van der Waals surface area contributed by atoms with Crippen LogP contribution in [0.25, 0.3) is 11.6 Å². The number of carbonyl (C=O) groups excluding carboxylic acids is 1. The molecule has 2 aromatic carbocycles. The van der Waals surface area contributed by atoms with Crippen molar-refractivity contribution >= 4 is 23.7 Å². The van der Waals surface area contributed by atoms with Crippen LogP contribution in [0.4, 0.5) is 5.82 Å². The molecule has 0 bridgehead atoms. The zero-order valence-corrected chi connectivity index (χ0v) is 23.8. The van der Waals surface area contributed by atoms with Crippen molar-refractivity contribution in [2.24, 2.45) is 0 Å². The maximum absolute atomic E-state index is 11.3. The Morgan fingerprint density at radius 3 is 2.25 bits per heavy atom. The Morgan fingerprint density at radius 1 is 0.900 bits per heavy atom. The van der Waals surface area contributed by atoms with Crippen LogP contribution in [0.3, 0.4) is 0 Å². The van der Waals surface area contributed by atoms with Gasteiger partial charge in [0.2, 0.25) is 11.6 Å². The first-order chi connectivity index (χ1) is 19.2. The Labute approximate surface area is 237 Å². The van der Waals surface area contributed by atoms with Crippen LogP contribution in [-0.4, -0.2) is 46.2 Å². The molecule has 11 heteroatoms. The third kappa shape index (κ3) is 7.60. The first kappa shape index (κ1) is 28.6. The number of aromatic nitrogens is 4. The number of hydrogen-bond donors (Lipinski definition) is 1. The molecular formula is C29H31N5O5S. The summed E-state index contributed by atoms with van der Waals surface area (Å²) in [4.78, 5) is 30.0. The second-order valence-electron chi connectivity index (χ2n) is 9.52. The maximum Gasteiger partial charge on any atom is 0.302 e. The Hall–Kier alpha value is -4.38. The molecule has 0 radical (unpaired) electrons. The molecule has 0 aliphatic heterocycles. The number of anilines is 1. The zero-order valence-electron chi connectivity index (χ0n) is 23.0. The van der Waals surface area contributed by atoms with Gasteiger partial charge in [-0.2, -0.15) is 4.98 Å². The number of para-hydroxylation sites is 2. The summed E-state index contributed by atoms with van der Waals surface area (Å²) in [6.45, 7) is 7.92. The van der Waals surface area contributed by atoms with E-state index < -0.39 is 5.97 Å². The zero-order chi connectivity index (χ0) is 28.5. The molecule has 4 rings (SSSR count). The van der Waals surface area contributed by atoms with Crippen LogP contribution >= 0.6 is 11.9 Å². The fourth-order valence-electron chi connectivity index (χ4n) is 3.47. The number of hydrogen-bond acceptors (Lipinski definition) is 11. The smallest absolute Gasteiger partial charge is 0.302 e. The lowest BCUT2D eigenvalue weighted by Gasteiger charge is -2.19. The van der Waals surface area contributed by atoms with E-state index in [9.17, 15) is 4.79 Å². The highest BCUT2D eigenvalue weighted by atomic mass is 32.2. The molecule has 2 aromatic heterocycles. The van der Waals surface area contributed by atoms with E-state index in [-0.39, 0.29) is 36.1 Å². The Balaban J connectivity index is 1.73. The molecule has 1 N–H and O–H groups in total. The monoisotopic (exact) mass is 561 g/mol. The number of nitrogens with zero attached hydrogens (tertiary/aromatic N) is 4. The van der Waals surface area contributed by atoms with E-state index in [1.807, 2.05) is 24.3 Å². The SMILES string of the molecule is COc1ccccc1Oc1c(NSc2ccc(C(C)(C)C)cc2)nc(-c2ncccn2)nc1OCCOC(C)=O. The fraction of sp³-hybridized carbons (Fsp3) is 0.276. The molecule has 0 aliphatic carbocycles. The van der Waals surface area contributed by atoms with Gasteiger partial charge in [-0.1, -0.05) is 45.0 Å². The molecule has 0 saturated carbocycles. The van der Waals surface area contributed by atoms with Crippen molar-refractivity contribution in [1.82, 2.24) is 19.9 Å². The first-order valence-electron chi connectivity index (χ1n) is 12.5. The third-order valence-electron chi connectivity index (χ3n) is 5.49. The first-order valence-corrected chi connectivity index (χ1v) is 13.4. The largest absolute Gasteiger partial charge is 0.493 e. The third-order valence-corrected chi connectivity index (χ3v) is 6.30. The van der Waals surface area contributed by atoms with Crippen LogP contribution in [0.5, 0.6) is 23.1 Å². The molecule has 10 nitrogen and oxygen atoms in total. The lowest BCUT2D eigenvalue weighted by atomic mass is 9.87. The van der Waals surface area contributed by atoms with E-state index in [0.29, 0.717) is 23.1 Å². The molecule has 0 unspecified atom stereocenters. The Bertz CT molecular complexity index is 1430. The molecule has 4 aromatic rings. The summed E-state index contributed by atoms with van der Waals surface area (Å²) < 4.78 is 26.0. The van der Waals surface area contributed by atoms with Crippen LogP contribution in [0.1, 0.15) is 33.3 Å². The summed E-state index contributed by atoms with van der Waals surface area (Å²) >= 11 is 1.36. The fourth-order valence-corrected chi connectivity index (χ4v) is 4.10. The van der Waals surface area contributed by atoms with Gasteiger partial charge in [0.1, 0.15) is 13.2 Å². The minimum Gasteiger partial charge on any atom is -0.493 e. The van der Waals surface area contributed by atoms with Gasteiger partial charge >= 0.3 is 5.97 Å². The number of carbonyl (C=O) groups is 1. The van der Waals surface area contributed by atoms with E-state index in [0.717, 1.165) is 4.90 Å². The Kier molecular flexibility index (Phi) is 9.39. The average molecular weight is 562 g/mol. The number of nitrogens with one attached hydrogen (secondary N) is 1. The van der Waals surface area contributed by atoms with Gasteiger partial charge in [-0.05, 0) is 53.3 Å². The lowest BCUT2D eigenvalue weighted by Crippen LogP contribution is -2.12. The molecule has 0 atom stereocenters. The molecule has 0 fully saturated rings. The van der Waals surface area contributed by atoms with Gasteiger partial charge in [-0.25, -0.2) is 15.0 Å². The predicted octanol–water partition coefficient (Wildman–Crippen LogP) is 6.09. The van der Waals surface area contributed by atoms with Gasteiger partial charge in [0.15, 0.2) is 23.1 Å². The van der Waals surface area contributed by atoms with Crippen molar-refractivity contribution in [2.75, 3.05) is 25.0 Å². The summed E-state index contributed by atoms with van der Waals surface area (Å²) in [5, 5.41) is 0. The highest BCUT2D eigenvalue weighted by molar-refractivity contribution is 8.00. The summed E-state index contributed by atoms with van der Waals surface area (Å²) in [5.74, 6) is 1.72. The van der Waals surface area contributed by atoms with Crippen molar-refractivity contribution in [2.45, 2.75) is 38.0 Å². The number of ether oxygens (including phenoxy) is 4. The van der Waals surface area contributed by atoms with E-state index >= 15 is 0 Å². The van der Waals surface area contributed by atoms with E-state index in [2.05, 4.69) is 57.6 Å². The van der Waals surface area contributed by atoms with Gasteiger partial charge in [-0.15, -0.1) is 0 Å². The molecule has 208 valence electrons. The minimum atomic E-state index is -0.411. The van der Waals surface area contributed by atoms with Crippen molar-refractivity contribution in [3.8, 4) is 34.8 Å². The summed E-state index contributed by atoms with van der Waals surface area (Å²) in [5.41, 5.74) is 1.27. The van der Waals surface area contributed by atoms with Crippen LogP contribution in [0.2, 0.25) is 0 Å². The van der Waals surface area contributed by atoms with Crippen LogP contribution < -0.4 is 18.9 Å². The average Bonchev–Trinajstić information content (AvgIpc) is 2.95.